The zero-order chi connectivity index (χ0) is 21.1. The zero-order valence-corrected chi connectivity index (χ0v) is 17.4. The van der Waals surface area contributed by atoms with Gasteiger partial charge >= 0.3 is 0 Å². The third-order valence-electron chi connectivity index (χ3n) is 4.49. The molecular formula is C20H25N3O4S. The summed E-state index contributed by atoms with van der Waals surface area (Å²) in [4.78, 5) is 24.0. The van der Waals surface area contributed by atoms with Crippen LogP contribution in [-0.2, 0) is 14.8 Å². The number of carbonyl (C=O) groups excluding carboxylic acids is 2. The van der Waals surface area contributed by atoms with Gasteiger partial charge in [0.05, 0.1) is 10.9 Å². The highest BCUT2D eigenvalue weighted by Crippen LogP contribution is 2.22. The van der Waals surface area contributed by atoms with Gasteiger partial charge in [-0.25, -0.2) is 13.1 Å². The third-order valence-corrected chi connectivity index (χ3v) is 6.04. The van der Waals surface area contributed by atoms with Crippen molar-refractivity contribution in [2.24, 2.45) is 0 Å². The van der Waals surface area contributed by atoms with E-state index in [4.69, 9.17) is 0 Å². The molecule has 0 radical (unpaired) electrons. The molecule has 150 valence electrons. The van der Waals surface area contributed by atoms with Crippen molar-refractivity contribution < 1.29 is 18.0 Å². The summed E-state index contributed by atoms with van der Waals surface area (Å²) in [6.07, 6.45) is 0. The van der Waals surface area contributed by atoms with Gasteiger partial charge in [0.25, 0.3) is 5.91 Å². The highest BCUT2D eigenvalue weighted by molar-refractivity contribution is 7.89. The first-order valence-corrected chi connectivity index (χ1v) is 10.3. The van der Waals surface area contributed by atoms with Crippen LogP contribution in [0.4, 0.5) is 5.69 Å². The highest BCUT2D eigenvalue weighted by Gasteiger charge is 2.20. The molecule has 28 heavy (non-hydrogen) atoms. The first kappa shape index (κ1) is 21.6. The average Bonchev–Trinajstić information content (AvgIpc) is 2.63. The van der Waals surface area contributed by atoms with Gasteiger partial charge in [-0.1, -0.05) is 12.1 Å². The molecule has 2 rings (SSSR count). The van der Waals surface area contributed by atoms with E-state index in [9.17, 15) is 18.0 Å². The fourth-order valence-corrected chi connectivity index (χ4v) is 3.87. The van der Waals surface area contributed by atoms with E-state index < -0.39 is 10.0 Å². The van der Waals surface area contributed by atoms with E-state index in [1.807, 2.05) is 13.0 Å². The molecule has 3 N–H and O–H groups in total. The zero-order valence-electron chi connectivity index (χ0n) is 16.6. The molecular weight excluding hydrogens is 378 g/mol. The fraction of sp³-hybridized carbons (Fsp3) is 0.300. The Kier molecular flexibility index (Phi) is 6.58. The summed E-state index contributed by atoms with van der Waals surface area (Å²) >= 11 is 0. The molecule has 0 bridgehead atoms. The normalized spacial score (nSPS) is 12.3. The SMILES string of the molecule is CNS(=O)(=O)c1cc(C(=O)NC(C)c2cccc(NC(C)=O)c2)cc(C)c1C. The van der Waals surface area contributed by atoms with Crippen molar-refractivity contribution in [3.05, 3.63) is 58.7 Å². The van der Waals surface area contributed by atoms with Crippen LogP contribution in [0.3, 0.4) is 0 Å². The molecule has 1 unspecified atom stereocenters. The molecule has 2 amide bonds. The van der Waals surface area contributed by atoms with E-state index in [0.29, 0.717) is 16.8 Å². The van der Waals surface area contributed by atoms with Crippen LogP contribution >= 0.6 is 0 Å². The van der Waals surface area contributed by atoms with E-state index >= 15 is 0 Å². The lowest BCUT2D eigenvalue weighted by molar-refractivity contribution is -0.114. The summed E-state index contributed by atoms with van der Waals surface area (Å²) in [7, 11) is -2.34. The van der Waals surface area contributed by atoms with Crippen molar-refractivity contribution in [3.63, 3.8) is 0 Å². The number of aryl methyl sites for hydroxylation is 1. The Balaban J connectivity index is 2.29. The minimum Gasteiger partial charge on any atom is -0.346 e. The summed E-state index contributed by atoms with van der Waals surface area (Å²) < 4.78 is 26.8. The van der Waals surface area contributed by atoms with Gasteiger partial charge in [-0.3, -0.25) is 9.59 Å². The summed E-state index contributed by atoms with van der Waals surface area (Å²) in [5.41, 5.74) is 3.02. The molecule has 0 aliphatic heterocycles. The topological polar surface area (TPSA) is 104 Å². The Morgan fingerprint density at radius 3 is 2.36 bits per heavy atom. The van der Waals surface area contributed by atoms with E-state index in [-0.39, 0.29) is 28.3 Å². The van der Waals surface area contributed by atoms with E-state index in [0.717, 1.165) is 5.56 Å². The Morgan fingerprint density at radius 2 is 1.75 bits per heavy atom. The molecule has 0 spiro atoms. The molecule has 0 saturated carbocycles. The Morgan fingerprint density at radius 1 is 1.07 bits per heavy atom. The average molecular weight is 404 g/mol. The molecule has 7 nitrogen and oxygen atoms in total. The number of carbonyl (C=O) groups is 2. The molecule has 0 saturated heterocycles. The first-order valence-electron chi connectivity index (χ1n) is 8.78. The van der Waals surface area contributed by atoms with Crippen LogP contribution in [0.1, 0.15) is 46.9 Å². The maximum Gasteiger partial charge on any atom is 0.251 e. The standard InChI is InChI=1S/C20H25N3O4S/c1-12-9-17(11-19(13(12)2)28(26,27)21-5)20(25)22-14(3)16-7-6-8-18(10-16)23-15(4)24/h6-11,14,21H,1-5H3,(H,22,25)(H,23,24). The van der Waals surface area contributed by atoms with Gasteiger partial charge in [0.15, 0.2) is 0 Å². The lowest BCUT2D eigenvalue weighted by Gasteiger charge is -2.17. The van der Waals surface area contributed by atoms with Crippen molar-refractivity contribution in [1.29, 1.82) is 0 Å². The number of amides is 2. The van der Waals surface area contributed by atoms with Gasteiger partial charge in [0.2, 0.25) is 15.9 Å². The van der Waals surface area contributed by atoms with Crippen LogP contribution in [0.15, 0.2) is 41.3 Å². The van der Waals surface area contributed by atoms with Gasteiger partial charge in [-0.05, 0) is 68.8 Å². The predicted octanol–water partition coefficient (Wildman–Crippen LogP) is 2.66. The van der Waals surface area contributed by atoms with E-state index in [1.165, 1.54) is 20.0 Å². The molecule has 0 aromatic heterocycles. The van der Waals surface area contributed by atoms with Gasteiger partial charge in [-0.15, -0.1) is 0 Å². The van der Waals surface area contributed by atoms with Crippen LogP contribution in [0, 0.1) is 13.8 Å². The van der Waals surface area contributed by atoms with Crippen LogP contribution in [0.2, 0.25) is 0 Å². The Labute approximate surface area is 165 Å². The van der Waals surface area contributed by atoms with Crippen molar-refractivity contribution >= 4 is 27.5 Å². The van der Waals surface area contributed by atoms with Gasteiger partial charge in [-0.2, -0.15) is 0 Å². The van der Waals surface area contributed by atoms with Gasteiger partial charge in [0.1, 0.15) is 0 Å². The largest absolute Gasteiger partial charge is 0.346 e. The van der Waals surface area contributed by atoms with Crippen molar-refractivity contribution in [2.45, 2.75) is 38.6 Å². The molecule has 0 heterocycles. The summed E-state index contributed by atoms with van der Waals surface area (Å²) in [5, 5.41) is 5.57. The molecule has 1 atom stereocenters. The number of rotatable bonds is 6. The second kappa shape index (κ2) is 8.53. The molecule has 8 heteroatoms. The predicted molar refractivity (Wildman–Crippen MR) is 109 cm³/mol. The third kappa shape index (κ3) is 4.96. The molecule has 0 fully saturated rings. The van der Waals surface area contributed by atoms with Gasteiger partial charge in [0, 0.05) is 18.2 Å². The number of hydrogen-bond acceptors (Lipinski definition) is 4. The minimum absolute atomic E-state index is 0.0838. The smallest absolute Gasteiger partial charge is 0.251 e. The monoisotopic (exact) mass is 403 g/mol. The van der Waals surface area contributed by atoms with Crippen molar-refractivity contribution in [3.8, 4) is 0 Å². The van der Waals surface area contributed by atoms with Crippen LogP contribution in [-0.4, -0.2) is 27.3 Å². The van der Waals surface area contributed by atoms with Crippen LogP contribution < -0.4 is 15.4 Å². The second-order valence-corrected chi connectivity index (χ2v) is 8.48. The van der Waals surface area contributed by atoms with Crippen LogP contribution in [0.5, 0.6) is 0 Å². The van der Waals surface area contributed by atoms with Crippen molar-refractivity contribution in [1.82, 2.24) is 10.0 Å². The maximum atomic E-state index is 12.7. The number of benzene rings is 2. The summed E-state index contributed by atoms with van der Waals surface area (Å²) in [6, 6.07) is 9.88. The second-order valence-electron chi connectivity index (χ2n) is 6.63. The molecule has 2 aromatic carbocycles. The van der Waals surface area contributed by atoms with Gasteiger partial charge < -0.3 is 10.6 Å². The van der Waals surface area contributed by atoms with Crippen LogP contribution in [0.25, 0.3) is 0 Å². The van der Waals surface area contributed by atoms with E-state index in [2.05, 4.69) is 15.4 Å². The first-order chi connectivity index (χ1) is 13.0. The number of anilines is 1. The number of sulfonamides is 1. The fourth-order valence-electron chi connectivity index (χ4n) is 2.80. The minimum atomic E-state index is -3.68. The Hall–Kier alpha value is -2.71. The lowest BCUT2D eigenvalue weighted by atomic mass is 10.0. The molecule has 0 aliphatic rings. The highest BCUT2D eigenvalue weighted by atomic mass is 32.2. The van der Waals surface area contributed by atoms with E-state index in [1.54, 1.807) is 38.1 Å². The quantitative estimate of drug-likeness (QED) is 0.690. The number of nitrogens with one attached hydrogen (secondary N) is 3. The lowest BCUT2D eigenvalue weighted by Crippen LogP contribution is -2.28. The maximum absolute atomic E-state index is 12.7. The van der Waals surface area contributed by atoms with Crippen molar-refractivity contribution in [2.75, 3.05) is 12.4 Å². The summed E-state index contributed by atoms with van der Waals surface area (Å²) in [5.74, 6) is -0.560. The Bertz CT molecular complexity index is 1020. The molecule has 0 aliphatic carbocycles. The summed E-state index contributed by atoms with van der Waals surface area (Å²) in [6.45, 7) is 6.71. The number of hydrogen-bond donors (Lipinski definition) is 3. The molecule has 2 aromatic rings.